The van der Waals surface area contributed by atoms with Crippen molar-refractivity contribution in [2.75, 3.05) is 4.90 Å². The Hall–Kier alpha value is -2.10. The Balaban J connectivity index is 2.53. The van der Waals surface area contributed by atoms with E-state index >= 15 is 0 Å². The number of rotatable bonds is 3. The van der Waals surface area contributed by atoms with E-state index in [9.17, 15) is 4.79 Å². The van der Waals surface area contributed by atoms with Crippen LogP contribution in [0.5, 0.6) is 0 Å². The lowest BCUT2D eigenvalue weighted by Gasteiger charge is -2.46. The van der Waals surface area contributed by atoms with Crippen molar-refractivity contribution in [1.82, 2.24) is 5.43 Å². The van der Waals surface area contributed by atoms with Gasteiger partial charge in [-0.25, -0.2) is 5.43 Å². The van der Waals surface area contributed by atoms with Gasteiger partial charge in [-0.1, -0.05) is 6.08 Å². The Kier molecular flexibility index (Phi) is 4.64. The van der Waals surface area contributed by atoms with Crippen LogP contribution in [0, 0.1) is 6.92 Å². The topological polar surface area (TPSA) is 44.7 Å². The molecule has 0 saturated carbocycles. The SMILES string of the molecule is CC(=O)N/N=C\c1cc2c(cc1C)N(C(C)C)C(C)(C)C=C2C. The number of hydrogen-bond donors (Lipinski definition) is 1. The third-order valence-electron chi connectivity index (χ3n) is 4.20. The van der Waals surface area contributed by atoms with Crippen LogP contribution >= 0.6 is 0 Å². The summed E-state index contributed by atoms with van der Waals surface area (Å²) < 4.78 is 0. The quantitative estimate of drug-likeness (QED) is 0.680. The van der Waals surface area contributed by atoms with Crippen LogP contribution in [0.1, 0.15) is 58.2 Å². The second-order valence-electron chi connectivity index (χ2n) is 7.10. The molecule has 0 unspecified atom stereocenters. The number of fused-ring (bicyclic) bond motifs is 1. The fourth-order valence-corrected chi connectivity index (χ4v) is 3.49. The molecule has 4 nitrogen and oxygen atoms in total. The Bertz CT molecular complexity index is 684. The third-order valence-corrected chi connectivity index (χ3v) is 4.20. The summed E-state index contributed by atoms with van der Waals surface area (Å²) in [6.45, 7) is 14.6. The normalized spacial score (nSPS) is 16.5. The van der Waals surface area contributed by atoms with E-state index in [0.29, 0.717) is 6.04 Å². The number of hydrazone groups is 1. The van der Waals surface area contributed by atoms with Gasteiger partial charge in [-0.2, -0.15) is 5.10 Å². The summed E-state index contributed by atoms with van der Waals surface area (Å²) in [6.07, 6.45) is 4.03. The highest BCUT2D eigenvalue weighted by Crippen LogP contribution is 2.41. The molecule has 0 radical (unpaired) electrons. The van der Waals surface area contributed by atoms with Gasteiger partial charge in [0, 0.05) is 24.2 Å². The Morgan fingerprint density at radius 2 is 1.96 bits per heavy atom. The van der Waals surface area contributed by atoms with Crippen molar-refractivity contribution in [2.45, 2.75) is 60.0 Å². The molecule has 2 rings (SSSR count). The molecule has 23 heavy (non-hydrogen) atoms. The van der Waals surface area contributed by atoms with E-state index in [2.05, 4.69) is 75.2 Å². The van der Waals surface area contributed by atoms with E-state index in [1.54, 1.807) is 6.21 Å². The van der Waals surface area contributed by atoms with Gasteiger partial charge >= 0.3 is 0 Å². The van der Waals surface area contributed by atoms with E-state index < -0.39 is 0 Å². The largest absolute Gasteiger partial charge is 0.360 e. The van der Waals surface area contributed by atoms with Gasteiger partial charge in [0.2, 0.25) is 5.91 Å². The second-order valence-corrected chi connectivity index (χ2v) is 7.10. The van der Waals surface area contributed by atoms with Crippen molar-refractivity contribution >= 4 is 23.4 Å². The lowest BCUT2D eigenvalue weighted by atomic mass is 9.86. The average molecular weight is 313 g/mol. The molecule has 1 aromatic rings. The predicted molar refractivity (Wildman–Crippen MR) is 97.9 cm³/mol. The van der Waals surface area contributed by atoms with E-state index in [-0.39, 0.29) is 11.4 Å². The molecule has 4 heteroatoms. The monoisotopic (exact) mass is 313 g/mol. The van der Waals surface area contributed by atoms with Gasteiger partial charge < -0.3 is 4.90 Å². The zero-order valence-electron chi connectivity index (χ0n) is 15.2. The van der Waals surface area contributed by atoms with Crippen molar-refractivity contribution in [1.29, 1.82) is 0 Å². The molecule has 0 fully saturated rings. The number of amides is 1. The molecule has 0 aliphatic carbocycles. The summed E-state index contributed by atoms with van der Waals surface area (Å²) in [6, 6.07) is 4.79. The Labute approximate surface area is 139 Å². The molecular weight excluding hydrogens is 286 g/mol. The second kappa shape index (κ2) is 6.19. The minimum Gasteiger partial charge on any atom is -0.360 e. The Morgan fingerprint density at radius 1 is 1.30 bits per heavy atom. The zero-order valence-corrected chi connectivity index (χ0v) is 15.2. The summed E-state index contributed by atoms with van der Waals surface area (Å²) in [7, 11) is 0. The van der Waals surface area contributed by atoms with Gasteiger partial charge in [-0.3, -0.25) is 4.79 Å². The summed E-state index contributed by atoms with van der Waals surface area (Å²) in [5.74, 6) is -0.166. The summed E-state index contributed by atoms with van der Waals surface area (Å²) in [5.41, 5.74) is 8.38. The summed E-state index contributed by atoms with van der Waals surface area (Å²) in [5, 5.41) is 4.00. The number of nitrogens with zero attached hydrogens (tertiary/aromatic N) is 2. The van der Waals surface area contributed by atoms with Gasteiger partial charge in [0.15, 0.2) is 0 Å². The van der Waals surface area contributed by atoms with Gasteiger partial charge in [0.25, 0.3) is 0 Å². The minimum atomic E-state index is -0.166. The first-order chi connectivity index (χ1) is 10.6. The molecule has 124 valence electrons. The molecule has 1 heterocycles. The van der Waals surface area contributed by atoms with Crippen LogP contribution < -0.4 is 10.3 Å². The number of anilines is 1. The maximum atomic E-state index is 11.0. The average Bonchev–Trinajstić information content (AvgIpc) is 2.38. The van der Waals surface area contributed by atoms with E-state index in [4.69, 9.17) is 0 Å². The van der Waals surface area contributed by atoms with Crippen LogP contribution in [-0.4, -0.2) is 23.7 Å². The highest BCUT2D eigenvalue weighted by atomic mass is 16.2. The number of carbonyl (C=O) groups is 1. The lowest BCUT2D eigenvalue weighted by Crippen LogP contribution is -2.49. The Morgan fingerprint density at radius 3 is 2.52 bits per heavy atom. The van der Waals surface area contributed by atoms with Crippen molar-refractivity contribution < 1.29 is 4.79 Å². The molecule has 0 spiro atoms. The molecular formula is C19H27N3O. The summed E-state index contributed by atoms with van der Waals surface area (Å²) >= 11 is 0. The van der Waals surface area contributed by atoms with Crippen LogP contribution in [0.15, 0.2) is 23.3 Å². The highest BCUT2D eigenvalue weighted by molar-refractivity contribution is 5.90. The van der Waals surface area contributed by atoms with Crippen molar-refractivity contribution in [3.05, 3.63) is 34.9 Å². The van der Waals surface area contributed by atoms with Gasteiger partial charge in [0.1, 0.15) is 0 Å². The predicted octanol–water partition coefficient (Wildman–Crippen LogP) is 3.88. The van der Waals surface area contributed by atoms with Gasteiger partial charge in [0.05, 0.1) is 11.8 Å². The molecule has 0 aromatic heterocycles. The lowest BCUT2D eigenvalue weighted by molar-refractivity contribution is -0.118. The molecule has 1 aliphatic rings. The first-order valence-corrected chi connectivity index (χ1v) is 8.07. The van der Waals surface area contributed by atoms with Crippen molar-refractivity contribution in [2.24, 2.45) is 5.10 Å². The number of carbonyl (C=O) groups excluding carboxylic acids is 1. The van der Waals surface area contributed by atoms with E-state index in [1.165, 1.54) is 23.7 Å². The van der Waals surface area contributed by atoms with Gasteiger partial charge in [-0.05, 0) is 70.4 Å². The number of benzene rings is 1. The van der Waals surface area contributed by atoms with E-state index in [1.807, 2.05) is 0 Å². The molecule has 1 amide bonds. The fourth-order valence-electron chi connectivity index (χ4n) is 3.49. The maximum Gasteiger partial charge on any atom is 0.236 e. The third kappa shape index (κ3) is 3.46. The molecule has 0 bridgehead atoms. The molecule has 1 aliphatic heterocycles. The van der Waals surface area contributed by atoms with Crippen LogP contribution in [0.4, 0.5) is 5.69 Å². The molecule has 0 atom stereocenters. The van der Waals surface area contributed by atoms with Crippen LogP contribution in [-0.2, 0) is 4.79 Å². The maximum absolute atomic E-state index is 11.0. The first-order valence-electron chi connectivity index (χ1n) is 8.07. The standard InChI is InChI=1S/C19H27N3O/c1-12(2)22-18-8-13(3)16(11-20-21-15(5)23)9-17(18)14(4)10-19(22,6)7/h8-12H,1-7H3,(H,21,23)/b20-11-. The molecule has 1 aromatic carbocycles. The van der Waals surface area contributed by atoms with E-state index in [0.717, 1.165) is 11.1 Å². The van der Waals surface area contributed by atoms with Crippen LogP contribution in [0.2, 0.25) is 0 Å². The van der Waals surface area contributed by atoms with Crippen molar-refractivity contribution in [3.8, 4) is 0 Å². The van der Waals surface area contributed by atoms with Crippen LogP contribution in [0.25, 0.3) is 5.57 Å². The van der Waals surface area contributed by atoms with Gasteiger partial charge in [-0.15, -0.1) is 0 Å². The minimum absolute atomic E-state index is 0.0104. The first kappa shape index (κ1) is 17.3. The number of nitrogens with one attached hydrogen (secondary N) is 1. The smallest absolute Gasteiger partial charge is 0.236 e. The number of aryl methyl sites for hydroxylation is 1. The van der Waals surface area contributed by atoms with Crippen molar-refractivity contribution in [3.63, 3.8) is 0 Å². The fraction of sp³-hybridized carbons (Fsp3) is 0.474. The highest BCUT2D eigenvalue weighted by Gasteiger charge is 2.33. The summed E-state index contributed by atoms with van der Waals surface area (Å²) in [4.78, 5) is 13.4. The number of hydrogen-bond acceptors (Lipinski definition) is 3. The molecule has 0 saturated heterocycles. The molecule has 1 N–H and O–H groups in total. The number of allylic oxidation sites excluding steroid dienone is 1. The van der Waals surface area contributed by atoms with Crippen LogP contribution in [0.3, 0.4) is 0 Å². The zero-order chi connectivity index (χ0) is 17.4.